The van der Waals surface area contributed by atoms with E-state index in [1.54, 1.807) is 4.90 Å². The molecule has 1 aliphatic rings. The molecule has 24 heavy (non-hydrogen) atoms. The number of hydrogen-bond acceptors (Lipinski definition) is 3. The molecule has 0 unspecified atom stereocenters. The molecule has 1 saturated heterocycles. The average molecular weight is 337 g/mol. The number of likely N-dealkylation sites (tertiary alicyclic amines) is 1. The van der Waals surface area contributed by atoms with Crippen LogP contribution in [0.15, 0.2) is 24.3 Å². The number of anilines is 1. The van der Waals surface area contributed by atoms with Gasteiger partial charge in [0, 0.05) is 31.4 Å². The van der Waals surface area contributed by atoms with Crippen molar-refractivity contribution in [2.45, 2.75) is 38.8 Å². The normalized spacial score (nSPS) is 18.3. The molecule has 1 aromatic carbocycles. The molecule has 0 spiro atoms. The van der Waals surface area contributed by atoms with Gasteiger partial charge in [-0.3, -0.25) is 4.79 Å². The minimum Gasteiger partial charge on any atom is -0.369 e. The number of carbonyl (C=O) groups excluding carboxylic acids is 2. The van der Waals surface area contributed by atoms with Gasteiger partial charge in [0.05, 0.1) is 0 Å². The Kier molecular flexibility index (Phi) is 6.54. The summed E-state index contributed by atoms with van der Waals surface area (Å²) in [6.07, 6.45) is 0.916. The zero-order valence-corrected chi connectivity index (χ0v) is 14.0. The summed E-state index contributed by atoms with van der Waals surface area (Å²) in [6.45, 7) is 5.35. The molecule has 1 heterocycles. The van der Waals surface area contributed by atoms with Gasteiger partial charge >= 0.3 is 6.03 Å². The van der Waals surface area contributed by atoms with Crippen molar-refractivity contribution in [2.24, 2.45) is 0 Å². The van der Waals surface area contributed by atoms with Crippen LogP contribution in [-0.4, -0.2) is 48.7 Å². The van der Waals surface area contributed by atoms with E-state index < -0.39 is 6.10 Å². The fraction of sp³-hybridized carbons (Fsp3) is 0.529. The largest absolute Gasteiger partial charge is 0.369 e. The topological polar surface area (TPSA) is 70.7 Å². The predicted molar refractivity (Wildman–Crippen MR) is 89.2 cm³/mol. The summed E-state index contributed by atoms with van der Waals surface area (Å²) in [6, 6.07) is 5.08. The van der Waals surface area contributed by atoms with E-state index in [-0.39, 0.29) is 23.8 Å². The maximum Gasteiger partial charge on any atom is 0.319 e. The number of carbonyl (C=O) groups is 2. The van der Waals surface area contributed by atoms with Crippen LogP contribution < -0.4 is 10.6 Å². The van der Waals surface area contributed by atoms with Crippen molar-refractivity contribution in [1.82, 2.24) is 10.2 Å². The first kappa shape index (κ1) is 18.2. The van der Waals surface area contributed by atoms with Crippen LogP contribution in [0, 0.1) is 5.82 Å². The molecule has 1 fully saturated rings. The predicted octanol–water partition coefficient (Wildman–Crippen LogP) is 2.36. The third-order valence-electron chi connectivity index (χ3n) is 3.95. The second kappa shape index (κ2) is 8.63. The van der Waals surface area contributed by atoms with E-state index in [1.165, 1.54) is 24.3 Å². The van der Waals surface area contributed by atoms with E-state index in [1.807, 2.05) is 13.8 Å². The van der Waals surface area contributed by atoms with Gasteiger partial charge in [-0.05, 0) is 44.0 Å². The lowest BCUT2D eigenvalue weighted by Crippen LogP contribution is -2.43. The molecule has 2 atom stereocenters. The Hall–Kier alpha value is -2.15. The standard InChI is InChI=1S/C17H24FN3O3/c1-3-15(24-4-2)16(22)21-10-9-14(11-21)20-17(23)19-13-7-5-12(18)6-8-13/h5-8,14-15H,3-4,9-11H2,1-2H3,(H2,19,20,23)/t14-,15-/m0/s1. The van der Waals surface area contributed by atoms with Crippen molar-refractivity contribution in [3.8, 4) is 0 Å². The van der Waals surface area contributed by atoms with Crippen molar-refractivity contribution in [3.63, 3.8) is 0 Å². The zero-order chi connectivity index (χ0) is 17.5. The third-order valence-corrected chi connectivity index (χ3v) is 3.95. The van der Waals surface area contributed by atoms with E-state index >= 15 is 0 Å². The summed E-state index contributed by atoms with van der Waals surface area (Å²) >= 11 is 0. The van der Waals surface area contributed by atoms with Gasteiger partial charge < -0.3 is 20.3 Å². The molecule has 1 aromatic rings. The van der Waals surface area contributed by atoms with Crippen LogP contribution in [0.4, 0.5) is 14.9 Å². The summed E-state index contributed by atoms with van der Waals surface area (Å²) in [5.41, 5.74) is 0.516. The molecular weight excluding hydrogens is 313 g/mol. The second-order valence-electron chi connectivity index (χ2n) is 5.73. The molecule has 1 aliphatic heterocycles. The van der Waals surface area contributed by atoms with Crippen LogP contribution >= 0.6 is 0 Å². The molecule has 6 nitrogen and oxygen atoms in total. The number of urea groups is 1. The van der Waals surface area contributed by atoms with Gasteiger partial charge in [0.2, 0.25) is 0 Å². The van der Waals surface area contributed by atoms with Crippen LogP contribution in [-0.2, 0) is 9.53 Å². The molecule has 0 aliphatic carbocycles. The zero-order valence-electron chi connectivity index (χ0n) is 14.0. The quantitative estimate of drug-likeness (QED) is 0.837. The number of ether oxygens (including phenoxy) is 1. The van der Waals surface area contributed by atoms with Crippen molar-refractivity contribution < 1.29 is 18.7 Å². The first-order valence-corrected chi connectivity index (χ1v) is 8.27. The highest BCUT2D eigenvalue weighted by atomic mass is 19.1. The van der Waals surface area contributed by atoms with Crippen LogP contribution in [0.3, 0.4) is 0 Å². The molecule has 2 N–H and O–H groups in total. The number of benzene rings is 1. The van der Waals surface area contributed by atoms with Crippen molar-refractivity contribution in [3.05, 3.63) is 30.1 Å². The number of amides is 3. The van der Waals surface area contributed by atoms with Crippen LogP contribution in [0.5, 0.6) is 0 Å². The molecule has 132 valence electrons. The first-order chi connectivity index (χ1) is 11.5. The Morgan fingerprint density at radius 3 is 2.67 bits per heavy atom. The third kappa shape index (κ3) is 4.92. The first-order valence-electron chi connectivity index (χ1n) is 8.27. The minimum atomic E-state index is -0.415. The molecule has 7 heteroatoms. The Balaban J connectivity index is 1.81. The van der Waals surface area contributed by atoms with Gasteiger partial charge in [0.1, 0.15) is 11.9 Å². The van der Waals surface area contributed by atoms with Gasteiger partial charge in [0.25, 0.3) is 5.91 Å². The van der Waals surface area contributed by atoms with Crippen LogP contribution in [0.1, 0.15) is 26.7 Å². The SMILES string of the molecule is CCO[C@@H](CC)C(=O)N1CC[C@H](NC(=O)Nc2ccc(F)cc2)C1. The van der Waals surface area contributed by atoms with Crippen molar-refractivity contribution >= 4 is 17.6 Å². The van der Waals surface area contributed by atoms with E-state index in [2.05, 4.69) is 10.6 Å². The molecular formula is C17H24FN3O3. The van der Waals surface area contributed by atoms with Gasteiger partial charge in [-0.2, -0.15) is 0 Å². The molecule has 3 amide bonds. The Morgan fingerprint density at radius 1 is 1.33 bits per heavy atom. The summed E-state index contributed by atoms with van der Waals surface area (Å²) in [5.74, 6) is -0.381. The summed E-state index contributed by atoms with van der Waals surface area (Å²) in [4.78, 5) is 26.1. The fourth-order valence-corrected chi connectivity index (χ4v) is 2.73. The molecule has 0 radical (unpaired) electrons. The second-order valence-corrected chi connectivity index (χ2v) is 5.73. The summed E-state index contributed by atoms with van der Waals surface area (Å²) < 4.78 is 18.3. The molecule has 0 aromatic heterocycles. The number of halogens is 1. The number of nitrogens with zero attached hydrogens (tertiary/aromatic N) is 1. The lowest BCUT2D eigenvalue weighted by Gasteiger charge is -2.22. The van der Waals surface area contributed by atoms with E-state index in [4.69, 9.17) is 4.74 Å². The number of nitrogens with one attached hydrogen (secondary N) is 2. The van der Waals surface area contributed by atoms with Crippen molar-refractivity contribution in [2.75, 3.05) is 25.0 Å². The minimum absolute atomic E-state index is 0.0254. The highest BCUT2D eigenvalue weighted by molar-refractivity contribution is 5.89. The molecule has 2 rings (SSSR count). The smallest absolute Gasteiger partial charge is 0.319 e. The van der Waals surface area contributed by atoms with Crippen LogP contribution in [0.25, 0.3) is 0 Å². The lowest BCUT2D eigenvalue weighted by molar-refractivity contribution is -0.142. The average Bonchev–Trinajstić information content (AvgIpc) is 3.02. The van der Waals surface area contributed by atoms with Gasteiger partial charge in [-0.1, -0.05) is 6.92 Å². The highest BCUT2D eigenvalue weighted by Gasteiger charge is 2.31. The van der Waals surface area contributed by atoms with Gasteiger partial charge in [-0.15, -0.1) is 0 Å². The van der Waals surface area contributed by atoms with Gasteiger partial charge in [-0.25, -0.2) is 9.18 Å². The Bertz CT molecular complexity index is 565. The van der Waals surface area contributed by atoms with Crippen LogP contribution in [0.2, 0.25) is 0 Å². The number of hydrogen-bond donors (Lipinski definition) is 2. The van der Waals surface area contributed by atoms with E-state index in [0.717, 1.165) is 0 Å². The monoisotopic (exact) mass is 337 g/mol. The Morgan fingerprint density at radius 2 is 2.04 bits per heavy atom. The fourth-order valence-electron chi connectivity index (χ4n) is 2.73. The Labute approximate surface area is 141 Å². The lowest BCUT2D eigenvalue weighted by atomic mass is 10.2. The summed E-state index contributed by atoms with van der Waals surface area (Å²) in [7, 11) is 0. The number of rotatable bonds is 6. The van der Waals surface area contributed by atoms with E-state index in [9.17, 15) is 14.0 Å². The van der Waals surface area contributed by atoms with Gasteiger partial charge in [0.15, 0.2) is 0 Å². The summed E-state index contributed by atoms with van der Waals surface area (Å²) in [5, 5.41) is 5.49. The highest BCUT2D eigenvalue weighted by Crippen LogP contribution is 2.14. The molecule has 0 saturated carbocycles. The van der Waals surface area contributed by atoms with Crippen molar-refractivity contribution in [1.29, 1.82) is 0 Å². The van der Waals surface area contributed by atoms with E-state index in [0.29, 0.717) is 38.2 Å². The maximum absolute atomic E-state index is 12.8. The maximum atomic E-state index is 12.8. The molecule has 0 bridgehead atoms.